The lowest BCUT2D eigenvalue weighted by Crippen LogP contribution is -2.58. The van der Waals surface area contributed by atoms with Crippen LogP contribution < -0.4 is 10.6 Å². The van der Waals surface area contributed by atoms with E-state index < -0.39 is 0 Å². The third-order valence-corrected chi connectivity index (χ3v) is 5.17. The number of hydrogen-bond acceptors (Lipinski definition) is 8. The molecule has 3 atom stereocenters. The van der Waals surface area contributed by atoms with E-state index in [2.05, 4.69) is 35.7 Å². The molecule has 148 valence electrons. The van der Waals surface area contributed by atoms with Crippen molar-refractivity contribution in [1.82, 2.24) is 35.7 Å². The van der Waals surface area contributed by atoms with Crippen molar-refractivity contribution in [1.29, 1.82) is 0 Å². The third kappa shape index (κ3) is 3.72. The fourth-order valence-electron chi connectivity index (χ4n) is 3.74. The predicted octanol–water partition coefficient (Wildman–Crippen LogP) is -0.103. The van der Waals surface area contributed by atoms with E-state index in [1.165, 1.54) is 18.7 Å². The highest BCUT2D eigenvalue weighted by molar-refractivity contribution is 5.94. The third-order valence-electron chi connectivity index (χ3n) is 5.17. The molecule has 10 nitrogen and oxygen atoms in total. The Balaban J connectivity index is 1.43. The van der Waals surface area contributed by atoms with Crippen LogP contribution in [0.15, 0.2) is 23.1 Å². The van der Waals surface area contributed by atoms with Crippen LogP contribution in [0, 0.1) is 0 Å². The number of hydrogen-bond donors (Lipinski definition) is 2. The molecule has 2 N–H and O–H groups in total. The highest BCUT2D eigenvalue weighted by Crippen LogP contribution is 2.26. The average Bonchev–Trinajstić information content (AvgIpc) is 3.32. The Morgan fingerprint density at radius 3 is 2.86 bits per heavy atom. The molecular weight excluding hydrogens is 362 g/mol. The van der Waals surface area contributed by atoms with Gasteiger partial charge in [-0.15, -0.1) is 10.2 Å². The molecule has 0 unspecified atom stereocenters. The van der Waals surface area contributed by atoms with Crippen molar-refractivity contribution in [3.8, 4) is 0 Å². The lowest BCUT2D eigenvalue weighted by molar-refractivity contribution is -0.129. The highest BCUT2D eigenvalue weighted by Gasteiger charge is 2.44. The number of amides is 2. The van der Waals surface area contributed by atoms with Gasteiger partial charge in [-0.2, -0.15) is 0 Å². The molecule has 0 saturated carbocycles. The van der Waals surface area contributed by atoms with E-state index in [9.17, 15) is 9.59 Å². The number of aromatic nitrogens is 4. The number of carbonyl (C=O) groups excluding carboxylic acids is 2. The molecule has 2 fully saturated rings. The minimum atomic E-state index is -0.274. The van der Waals surface area contributed by atoms with Crippen molar-refractivity contribution in [3.05, 3.63) is 36.1 Å². The molecule has 10 heteroatoms. The molecule has 2 aromatic heterocycles. The van der Waals surface area contributed by atoms with Gasteiger partial charge in [0.25, 0.3) is 5.91 Å². The van der Waals surface area contributed by atoms with E-state index in [0.717, 1.165) is 0 Å². The summed E-state index contributed by atoms with van der Waals surface area (Å²) in [5.41, 5.74) is 0.403. The van der Waals surface area contributed by atoms with E-state index in [1.807, 2.05) is 13.8 Å². The molecule has 28 heavy (non-hydrogen) atoms. The fraction of sp³-hybridized carbons (Fsp3) is 0.556. The van der Waals surface area contributed by atoms with Gasteiger partial charge in [0.05, 0.1) is 11.6 Å². The number of fused-ring (bicyclic) bond motifs is 1. The largest absolute Gasteiger partial charge is 0.425 e. The Morgan fingerprint density at radius 1 is 1.36 bits per heavy atom. The van der Waals surface area contributed by atoms with Crippen molar-refractivity contribution in [2.75, 3.05) is 13.1 Å². The summed E-state index contributed by atoms with van der Waals surface area (Å²) in [4.78, 5) is 34.6. The number of nitrogens with zero attached hydrogens (tertiary/aromatic N) is 5. The van der Waals surface area contributed by atoms with Crippen molar-refractivity contribution >= 4 is 11.8 Å². The summed E-state index contributed by atoms with van der Waals surface area (Å²) in [5, 5.41) is 14.1. The monoisotopic (exact) mass is 385 g/mol. The van der Waals surface area contributed by atoms with Crippen LogP contribution in [0.1, 0.15) is 48.3 Å². The zero-order valence-corrected chi connectivity index (χ0v) is 15.8. The maximum Gasteiger partial charge on any atom is 0.254 e. The summed E-state index contributed by atoms with van der Waals surface area (Å²) in [5.74, 6) is 1.11. The Hall–Kier alpha value is -2.88. The number of piperazine rings is 1. The van der Waals surface area contributed by atoms with Gasteiger partial charge in [-0.25, -0.2) is 9.97 Å². The minimum Gasteiger partial charge on any atom is -0.425 e. The summed E-state index contributed by atoms with van der Waals surface area (Å²) >= 11 is 0. The predicted molar refractivity (Wildman–Crippen MR) is 97.3 cm³/mol. The Labute approximate surface area is 162 Å². The highest BCUT2D eigenvalue weighted by atomic mass is 16.4. The van der Waals surface area contributed by atoms with Crippen LogP contribution in [-0.4, -0.2) is 68.1 Å². The topological polar surface area (TPSA) is 126 Å². The van der Waals surface area contributed by atoms with Crippen molar-refractivity contribution in [2.45, 2.75) is 50.7 Å². The van der Waals surface area contributed by atoms with Gasteiger partial charge >= 0.3 is 0 Å². The fourth-order valence-corrected chi connectivity index (χ4v) is 3.74. The average molecular weight is 385 g/mol. The second kappa shape index (κ2) is 7.63. The summed E-state index contributed by atoms with van der Waals surface area (Å²) in [6.07, 6.45) is 5.44. The molecule has 4 rings (SSSR count). The van der Waals surface area contributed by atoms with Crippen molar-refractivity contribution < 1.29 is 14.0 Å². The molecular formula is C18H23N7O3. The quantitative estimate of drug-likeness (QED) is 0.730. The van der Waals surface area contributed by atoms with Crippen molar-refractivity contribution in [2.24, 2.45) is 0 Å². The first-order valence-electron chi connectivity index (χ1n) is 9.43. The van der Waals surface area contributed by atoms with Crippen LogP contribution in [0.4, 0.5) is 0 Å². The number of rotatable bonds is 5. The van der Waals surface area contributed by atoms with Crippen LogP contribution in [0.2, 0.25) is 0 Å². The molecule has 2 aliphatic rings. The molecule has 4 heterocycles. The molecule has 2 saturated heterocycles. The maximum absolute atomic E-state index is 12.4. The van der Waals surface area contributed by atoms with Gasteiger partial charge in [0.15, 0.2) is 0 Å². The van der Waals surface area contributed by atoms with Crippen LogP contribution in [0.5, 0.6) is 0 Å². The van der Waals surface area contributed by atoms with Crippen LogP contribution >= 0.6 is 0 Å². The summed E-state index contributed by atoms with van der Waals surface area (Å²) < 4.78 is 5.73. The van der Waals surface area contributed by atoms with E-state index in [-0.39, 0.29) is 35.9 Å². The zero-order chi connectivity index (χ0) is 19.7. The van der Waals surface area contributed by atoms with Gasteiger partial charge < -0.3 is 15.1 Å². The Kier molecular flexibility index (Phi) is 5.03. The molecule has 2 aromatic rings. The second-order valence-electron chi connectivity index (χ2n) is 7.54. The van der Waals surface area contributed by atoms with Crippen LogP contribution in [0.25, 0.3) is 0 Å². The van der Waals surface area contributed by atoms with Gasteiger partial charge in [-0.3, -0.25) is 14.5 Å². The smallest absolute Gasteiger partial charge is 0.254 e. The number of carbonyl (C=O) groups is 2. The second-order valence-corrected chi connectivity index (χ2v) is 7.54. The maximum atomic E-state index is 12.4. The van der Waals surface area contributed by atoms with Gasteiger partial charge in [-0.1, -0.05) is 13.8 Å². The minimum absolute atomic E-state index is 0.00978. The molecule has 0 spiro atoms. The Bertz CT molecular complexity index is 854. The summed E-state index contributed by atoms with van der Waals surface area (Å²) in [6, 6.07) is -0.355. The molecule has 2 amide bonds. The SMILES string of the molecule is CC(C)c1nnc(C[C@@H]2CNC(=O)[C@@H]3C[C@H](NC(=O)c4cncnc4)CN23)o1. The van der Waals surface area contributed by atoms with E-state index in [4.69, 9.17) is 4.42 Å². The first kappa shape index (κ1) is 18.5. The molecule has 0 aromatic carbocycles. The van der Waals surface area contributed by atoms with Gasteiger partial charge in [0.1, 0.15) is 6.33 Å². The molecule has 0 radical (unpaired) electrons. The van der Waals surface area contributed by atoms with E-state index in [0.29, 0.717) is 43.3 Å². The first-order chi connectivity index (χ1) is 13.5. The standard InChI is InChI=1S/C18H23N7O3/c1-10(2)18-24-23-15(28-18)4-13-7-21-17(27)14-3-12(8-25(13)14)22-16(26)11-5-19-9-20-6-11/h5-6,9-10,12-14H,3-4,7-8H2,1-2H3,(H,21,27)(H,22,26)/t12-,13+,14-/m0/s1. The molecule has 0 bridgehead atoms. The first-order valence-corrected chi connectivity index (χ1v) is 9.43. The van der Waals surface area contributed by atoms with Crippen LogP contribution in [0.3, 0.4) is 0 Å². The van der Waals surface area contributed by atoms with Crippen LogP contribution in [-0.2, 0) is 11.2 Å². The van der Waals surface area contributed by atoms with E-state index in [1.54, 1.807) is 0 Å². The van der Waals surface area contributed by atoms with Gasteiger partial charge in [0.2, 0.25) is 17.7 Å². The summed E-state index contributed by atoms with van der Waals surface area (Å²) in [6.45, 7) is 5.11. The van der Waals surface area contributed by atoms with E-state index >= 15 is 0 Å². The summed E-state index contributed by atoms with van der Waals surface area (Å²) in [7, 11) is 0. The molecule has 0 aliphatic carbocycles. The normalized spacial score (nSPS) is 24.8. The lowest BCUT2D eigenvalue weighted by atomic mass is 10.1. The number of nitrogens with one attached hydrogen (secondary N) is 2. The lowest BCUT2D eigenvalue weighted by Gasteiger charge is -2.36. The Morgan fingerprint density at radius 2 is 2.14 bits per heavy atom. The molecule has 2 aliphatic heterocycles. The van der Waals surface area contributed by atoms with Crippen molar-refractivity contribution in [3.63, 3.8) is 0 Å². The van der Waals surface area contributed by atoms with Gasteiger partial charge in [-0.05, 0) is 6.42 Å². The zero-order valence-electron chi connectivity index (χ0n) is 15.8. The van der Waals surface area contributed by atoms with Gasteiger partial charge in [0, 0.05) is 49.9 Å².